The fourth-order valence-electron chi connectivity index (χ4n) is 3.61. The summed E-state index contributed by atoms with van der Waals surface area (Å²) >= 11 is 3.42. The molecule has 192 valence electrons. The Labute approximate surface area is 218 Å². The molecule has 0 aromatic heterocycles. The molecule has 0 heterocycles. The number of sulfonamides is 1. The second-order valence-electron chi connectivity index (χ2n) is 9.24. The second kappa shape index (κ2) is 13.1. The van der Waals surface area contributed by atoms with Gasteiger partial charge in [-0.1, -0.05) is 54.0 Å². The quantitative estimate of drug-likeness (QED) is 0.410. The predicted molar refractivity (Wildman–Crippen MR) is 145 cm³/mol. The summed E-state index contributed by atoms with van der Waals surface area (Å²) in [4.78, 5) is 27.6. The van der Waals surface area contributed by atoms with Crippen molar-refractivity contribution in [2.75, 3.05) is 23.7 Å². The Bertz CT molecular complexity index is 1100. The van der Waals surface area contributed by atoms with Gasteiger partial charge in [0, 0.05) is 30.5 Å². The van der Waals surface area contributed by atoms with E-state index in [9.17, 15) is 18.0 Å². The normalized spacial score (nSPS) is 12.3. The summed E-state index contributed by atoms with van der Waals surface area (Å²) in [6.07, 6.45) is 1.62. The first-order valence-corrected chi connectivity index (χ1v) is 14.4. The molecule has 9 heteroatoms. The first-order valence-electron chi connectivity index (χ1n) is 11.7. The summed E-state index contributed by atoms with van der Waals surface area (Å²) in [6.45, 7) is 8.64. The van der Waals surface area contributed by atoms with Crippen molar-refractivity contribution in [3.63, 3.8) is 0 Å². The zero-order valence-corrected chi connectivity index (χ0v) is 23.5. The lowest BCUT2D eigenvalue weighted by Crippen LogP contribution is -2.48. The highest BCUT2D eigenvalue weighted by Gasteiger charge is 2.26. The molecule has 2 amide bonds. The summed E-state index contributed by atoms with van der Waals surface area (Å²) in [5, 5.41) is 2.91. The van der Waals surface area contributed by atoms with Crippen molar-refractivity contribution in [1.29, 1.82) is 0 Å². The van der Waals surface area contributed by atoms with Crippen molar-refractivity contribution in [2.24, 2.45) is 5.92 Å². The number of aryl methyl sites for hydroxylation is 1. The number of hydrogen-bond acceptors (Lipinski definition) is 4. The van der Waals surface area contributed by atoms with Crippen LogP contribution in [-0.2, 0) is 26.2 Å². The first kappa shape index (κ1) is 28.8. The molecule has 0 radical (unpaired) electrons. The van der Waals surface area contributed by atoms with Gasteiger partial charge < -0.3 is 10.2 Å². The predicted octanol–water partition coefficient (Wildman–Crippen LogP) is 4.49. The first-order chi connectivity index (χ1) is 16.4. The lowest BCUT2D eigenvalue weighted by atomic mass is 10.1. The summed E-state index contributed by atoms with van der Waals surface area (Å²) in [5.41, 5.74) is 2.44. The maximum Gasteiger partial charge on any atom is 0.242 e. The third kappa shape index (κ3) is 9.29. The minimum Gasteiger partial charge on any atom is -0.354 e. The Morgan fingerprint density at radius 1 is 1.06 bits per heavy atom. The van der Waals surface area contributed by atoms with Gasteiger partial charge in [0.05, 0.1) is 11.9 Å². The van der Waals surface area contributed by atoms with Crippen LogP contribution in [0.1, 0.15) is 44.7 Å². The minimum atomic E-state index is -3.51. The second-order valence-corrected chi connectivity index (χ2v) is 12.1. The van der Waals surface area contributed by atoms with Gasteiger partial charge in [-0.25, -0.2) is 8.42 Å². The van der Waals surface area contributed by atoms with Gasteiger partial charge in [-0.2, -0.15) is 0 Å². The summed E-state index contributed by atoms with van der Waals surface area (Å²) in [6, 6.07) is 14.2. The minimum absolute atomic E-state index is 0.121. The molecule has 0 aliphatic rings. The Morgan fingerprint density at radius 3 is 2.29 bits per heavy atom. The average molecular weight is 567 g/mol. The van der Waals surface area contributed by atoms with Crippen molar-refractivity contribution in [1.82, 2.24) is 10.2 Å². The smallest absolute Gasteiger partial charge is 0.242 e. The highest BCUT2D eigenvalue weighted by Crippen LogP contribution is 2.20. The van der Waals surface area contributed by atoms with Crippen molar-refractivity contribution in [3.05, 3.63) is 64.1 Å². The van der Waals surface area contributed by atoms with Gasteiger partial charge in [0.25, 0.3) is 0 Å². The highest BCUT2D eigenvalue weighted by molar-refractivity contribution is 9.10. The van der Waals surface area contributed by atoms with E-state index in [4.69, 9.17) is 0 Å². The topological polar surface area (TPSA) is 86.8 Å². The van der Waals surface area contributed by atoms with Crippen LogP contribution in [0.3, 0.4) is 0 Å². The molecule has 35 heavy (non-hydrogen) atoms. The number of nitrogens with one attached hydrogen (secondary N) is 1. The third-order valence-electron chi connectivity index (χ3n) is 5.56. The number of nitrogens with zero attached hydrogens (tertiary/aromatic N) is 2. The number of amides is 2. The molecule has 2 aromatic carbocycles. The molecule has 1 atom stereocenters. The van der Waals surface area contributed by atoms with Crippen LogP contribution in [0.4, 0.5) is 5.69 Å². The maximum absolute atomic E-state index is 13.3. The van der Waals surface area contributed by atoms with E-state index in [1.54, 1.807) is 17.9 Å². The zero-order valence-electron chi connectivity index (χ0n) is 21.1. The van der Waals surface area contributed by atoms with E-state index in [0.29, 0.717) is 24.6 Å². The van der Waals surface area contributed by atoms with Gasteiger partial charge in [0.15, 0.2) is 0 Å². The van der Waals surface area contributed by atoms with Gasteiger partial charge in [-0.05, 0) is 61.6 Å². The van der Waals surface area contributed by atoms with Gasteiger partial charge >= 0.3 is 0 Å². The van der Waals surface area contributed by atoms with E-state index in [-0.39, 0.29) is 31.3 Å². The van der Waals surface area contributed by atoms with E-state index in [2.05, 4.69) is 21.2 Å². The molecule has 0 saturated heterocycles. The summed E-state index contributed by atoms with van der Waals surface area (Å²) < 4.78 is 27.1. The molecule has 0 aliphatic heterocycles. The molecular weight excluding hydrogens is 530 g/mol. The van der Waals surface area contributed by atoms with Crippen molar-refractivity contribution in [3.8, 4) is 0 Å². The number of halogens is 1. The van der Waals surface area contributed by atoms with Crippen molar-refractivity contribution >= 4 is 43.5 Å². The van der Waals surface area contributed by atoms with Crippen LogP contribution in [0.25, 0.3) is 0 Å². The van der Waals surface area contributed by atoms with Gasteiger partial charge in [0.2, 0.25) is 21.8 Å². The monoisotopic (exact) mass is 565 g/mol. The van der Waals surface area contributed by atoms with E-state index < -0.39 is 16.1 Å². The number of carbonyl (C=O) groups is 2. The molecule has 0 spiro atoms. The molecule has 0 fully saturated rings. The summed E-state index contributed by atoms with van der Waals surface area (Å²) in [7, 11) is -3.51. The number of carbonyl (C=O) groups excluding carboxylic acids is 2. The zero-order chi connectivity index (χ0) is 26.2. The number of benzene rings is 2. The molecule has 0 aliphatic carbocycles. The number of hydrogen-bond donors (Lipinski definition) is 1. The maximum atomic E-state index is 13.3. The SMILES string of the molecule is Cc1cccc(N(CCCC(=O)N(Cc2ccc(Br)cc2)[C@@H](C)C(=O)NCC(C)C)S(C)(=O)=O)c1. The Kier molecular flexibility index (Phi) is 10.8. The Morgan fingerprint density at radius 2 is 1.71 bits per heavy atom. The molecule has 7 nitrogen and oxygen atoms in total. The van der Waals surface area contributed by atoms with Crippen LogP contribution in [-0.4, -0.2) is 50.5 Å². The van der Waals surface area contributed by atoms with Crippen LogP contribution in [0.2, 0.25) is 0 Å². The summed E-state index contributed by atoms with van der Waals surface area (Å²) in [5.74, 6) is -0.107. The standard InChI is InChI=1S/C26H36BrN3O4S/c1-19(2)17-28-26(32)21(4)29(18-22-11-13-23(27)14-12-22)25(31)10-7-15-30(35(5,33)34)24-9-6-8-20(3)16-24/h6,8-9,11-14,16,19,21H,7,10,15,17-18H2,1-5H3,(H,28,32)/t21-/m0/s1. The van der Waals surface area contributed by atoms with Crippen molar-refractivity contribution < 1.29 is 18.0 Å². The Hall–Kier alpha value is -2.39. The van der Waals surface area contributed by atoms with Crippen LogP contribution < -0.4 is 9.62 Å². The molecule has 1 N–H and O–H groups in total. The molecule has 0 saturated carbocycles. The van der Waals surface area contributed by atoms with Gasteiger partial charge in [-0.15, -0.1) is 0 Å². The van der Waals surface area contributed by atoms with Crippen LogP contribution in [0.15, 0.2) is 53.0 Å². The Balaban J connectivity index is 2.15. The van der Waals surface area contributed by atoms with Gasteiger partial charge in [-0.3, -0.25) is 13.9 Å². The average Bonchev–Trinajstić information content (AvgIpc) is 2.78. The van der Waals surface area contributed by atoms with Crippen LogP contribution in [0.5, 0.6) is 0 Å². The van der Waals surface area contributed by atoms with E-state index >= 15 is 0 Å². The number of anilines is 1. The van der Waals surface area contributed by atoms with Crippen LogP contribution >= 0.6 is 15.9 Å². The van der Waals surface area contributed by atoms with E-state index in [1.165, 1.54) is 4.31 Å². The molecular formula is C26H36BrN3O4S. The molecule has 2 rings (SSSR count). The van der Waals surface area contributed by atoms with E-state index in [1.807, 2.05) is 63.2 Å². The molecule has 0 bridgehead atoms. The van der Waals surface area contributed by atoms with E-state index in [0.717, 1.165) is 21.9 Å². The lowest BCUT2D eigenvalue weighted by molar-refractivity contribution is -0.140. The van der Waals surface area contributed by atoms with Gasteiger partial charge in [0.1, 0.15) is 6.04 Å². The molecule has 0 unspecified atom stereocenters. The lowest BCUT2D eigenvalue weighted by Gasteiger charge is -2.29. The molecule has 2 aromatic rings. The fourth-order valence-corrected chi connectivity index (χ4v) is 4.83. The van der Waals surface area contributed by atoms with Crippen LogP contribution in [0, 0.1) is 12.8 Å². The van der Waals surface area contributed by atoms with Crippen molar-refractivity contribution in [2.45, 2.75) is 53.1 Å². The fraction of sp³-hybridized carbons (Fsp3) is 0.462. The highest BCUT2D eigenvalue weighted by atomic mass is 79.9. The number of rotatable bonds is 12. The largest absolute Gasteiger partial charge is 0.354 e. The third-order valence-corrected chi connectivity index (χ3v) is 7.28.